The molecule has 1 nitrogen and oxygen atoms in total. The molecule has 1 unspecified atom stereocenters. The minimum absolute atomic E-state index is 0.819. The summed E-state index contributed by atoms with van der Waals surface area (Å²) in [5.74, 6) is 1.67. The summed E-state index contributed by atoms with van der Waals surface area (Å²) in [7, 11) is 0. The molecule has 0 aromatic heterocycles. The molecule has 0 bridgehead atoms. The minimum Gasteiger partial charge on any atom is -0.298 e. The molecule has 0 aliphatic carbocycles. The van der Waals surface area contributed by atoms with Crippen molar-refractivity contribution in [2.24, 2.45) is 16.8 Å². The average molecular weight is 183 g/mol. The minimum atomic E-state index is 0.819. The lowest BCUT2D eigenvalue weighted by atomic mass is 9.93. The number of rotatable bonds is 7. The van der Waals surface area contributed by atoms with E-state index in [2.05, 4.69) is 38.9 Å². The molecular weight excluding hydrogens is 158 g/mol. The number of hydrogen-bond donors (Lipinski definition) is 0. The molecule has 0 aromatic carbocycles. The summed E-state index contributed by atoms with van der Waals surface area (Å²) in [4.78, 5) is 4.37. The van der Waals surface area contributed by atoms with Crippen LogP contribution in [0, 0.1) is 11.8 Å². The van der Waals surface area contributed by atoms with E-state index in [9.17, 15) is 0 Å². The van der Waals surface area contributed by atoms with Gasteiger partial charge in [-0.05, 0) is 37.3 Å². The van der Waals surface area contributed by atoms with Crippen LogP contribution in [0.5, 0.6) is 0 Å². The van der Waals surface area contributed by atoms with Crippen LogP contribution < -0.4 is 0 Å². The van der Waals surface area contributed by atoms with Gasteiger partial charge in [-0.1, -0.05) is 34.1 Å². The van der Waals surface area contributed by atoms with Gasteiger partial charge in [0.2, 0.25) is 0 Å². The highest BCUT2D eigenvalue weighted by Crippen LogP contribution is 2.15. The Hall–Kier alpha value is -0.330. The zero-order chi connectivity index (χ0) is 10.1. The van der Waals surface area contributed by atoms with Crippen molar-refractivity contribution in [2.75, 3.05) is 6.54 Å². The van der Waals surface area contributed by atoms with Crippen molar-refractivity contribution in [2.45, 2.75) is 53.4 Å². The highest BCUT2D eigenvalue weighted by molar-refractivity contribution is 5.56. The predicted molar refractivity (Wildman–Crippen MR) is 61.5 cm³/mol. The first-order chi connectivity index (χ1) is 6.18. The smallest absolute Gasteiger partial charge is 0.0385 e. The van der Waals surface area contributed by atoms with Gasteiger partial charge in [0, 0.05) is 6.54 Å². The fourth-order valence-corrected chi connectivity index (χ4v) is 1.15. The summed E-state index contributed by atoms with van der Waals surface area (Å²) in [5.41, 5.74) is 0. The molecule has 0 heterocycles. The van der Waals surface area contributed by atoms with E-state index in [1.165, 1.54) is 19.3 Å². The first-order valence-electron chi connectivity index (χ1n) is 5.66. The Kier molecular flexibility index (Phi) is 8.07. The largest absolute Gasteiger partial charge is 0.298 e. The molecule has 0 N–H and O–H groups in total. The summed E-state index contributed by atoms with van der Waals surface area (Å²) < 4.78 is 0. The van der Waals surface area contributed by atoms with Crippen molar-refractivity contribution in [3.8, 4) is 0 Å². The molecule has 78 valence electrons. The highest BCUT2D eigenvalue weighted by atomic mass is 14.7. The fourth-order valence-electron chi connectivity index (χ4n) is 1.15. The summed E-state index contributed by atoms with van der Waals surface area (Å²) in [6, 6.07) is 0. The normalized spacial score (nSPS) is 14.2. The van der Waals surface area contributed by atoms with Gasteiger partial charge in [-0.3, -0.25) is 4.99 Å². The first-order valence-corrected chi connectivity index (χ1v) is 5.66. The van der Waals surface area contributed by atoms with Crippen LogP contribution in [0.3, 0.4) is 0 Å². The van der Waals surface area contributed by atoms with Crippen LogP contribution in [0.2, 0.25) is 0 Å². The Morgan fingerprint density at radius 3 is 2.46 bits per heavy atom. The van der Waals surface area contributed by atoms with Gasteiger partial charge in [-0.25, -0.2) is 0 Å². The van der Waals surface area contributed by atoms with Gasteiger partial charge in [0.15, 0.2) is 0 Å². The molecule has 0 aliphatic rings. The molecule has 0 amide bonds. The standard InChI is InChI=1S/C12H25N/c1-5-6-9-13-10-7-8-12(4)11(2)3/h9,11-12H,5-8,10H2,1-4H3. The quantitative estimate of drug-likeness (QED) is 0.419. The maximum atomic E-state index is 4.37. The molecule has 0 saturated heterocycles. The van der Waals surface area contributed by atoms with Crippen LogP contribution in [0.15, 0.2) is 4.99 Å². The van der Waals surface area contributed by atoms with Gasteiger partial charge in [0.25, 0.3) is 0 Å². The summed E-state index contributed by atoms with van der Waals surface area (Å²) in [5, 5.41) is 0. The third kappa shape index (κ3) is 8.01. The van der Waals surface area contributed by atoms with Gasteiger partial charge in [0.1, 0.15) is 0 Å². The maximum absolute atomic E-state index is 4.37. The molecule has 1 atom stereocenters. The molecule has 1 heteroatoms. The Balaban J connectivity index is 3.25. The van der Waals surface area contributed by atoms with E-state index >= 15 is 0 Å². The number of nitrogens with zero attached hydrogens (tertiary/aromatic N) is 1. The van der Waals surface area contributed by atoms with Gasteiger partial charge in [-0.15, -0.1) is 0 Å². The molecule has 0 aliphatic heterocycles. The van der Waals surface area contributed by atoms with Crippen molar-refractivity contribution < 1.29 is 0 Å². The molecule has 0 saturated carbocycles. The lowest BCUT2D eigenvalue weighted by Gasteiger charge is -2.13. The average Bonchev–Trinajstić information content (AvgIpc) is 2.10. The SMILES string of the molecule is CCCC=NCCCC(C)C(C)C. The summed E-state index contributed by atoms with van der Waals surface area (Å²) >= 11 is 0. The lowest BCUT2D eigenvalue weighted by Crippen LogP contribution is -2.04. The monoisotopic (exact) mass is 183 g/mol. The summed E-state index contributed by atoms with van der Waals surface area (Å²) in [6.07, 6.45) is 6.99. The molecule has 0 spiro atoms. The van der Waals surface area contributed by atoms with Crippen LogP contribution in [-0.2, 0) is 0 Å². The molecule has 0 aromatic rings. The fraction of sp³-hybridized carbons (Fsp3) is 0.917. The van der Waals surface area contributed by atoms with E-state index < -0.39 is 0 Å². The predicted octanol–water partition coefficient (Wildman–Crippen LogP) is 3.93. The highest BCUT2D eigenvalue weighted by Gasteiger charge is 2.05. The van der Waals surface area contributed by atoms with Crippen molar-refractivity contribution in [3.63, 3.8) is 0 Å². The second-order valence-corrected chi connectivity index (χ2v) is 4.24. The third-order valence-electron chi connectivity index (χ3n) is 2.63. The Labute approximate surface area is 83.6 Å². The third-order valence-corrected chi connectivity index (χ3v) is 2.63. The molecule has 0 rings (SSSR count). The van der Waals surface area contributed by atoms with E-state index in [0.29, 0.717) is 0 Å². The van der Waals surface area contributed by atoms with Crippen molar-refractivity contribution >= 4 is 6.21 Å². The van der Waals surface area contributed by atoms with E-state index in [1.807, 2.05) is 0 Å². The van der Waals surface area contributed by atoms with Gasteiger partial charge < -0.3 is 0 Å². The van der Waals surface area contributed by atoms with Gasteiger partial charge >= 0.3 is 0 Å². The van der Waals surface area contributed by atoms with Crippen LogP contribution in [0.25, 0.3) is 0 Å². The zero-order valence-electron chi connectivity index (χ0n) is 9.71. The number of unbranched alkanes of at least 4 members (excludes halogenated alkanes) is 1. The summed E-state index contributed by atoms with van der Waals surface area (Å²) in [6.45, 7) is 10.1. The Bertz CT molecular complexity index is 127. The first kappa shape index (κ1) is 12.7. The van der Waals surface area contributed by atoms with Crippen LogP contribution in [-0.4, -0.2) is 12.8 Å². The lowest BCUT2D eigenvalue weighted by molar-refractivity contribution is 0.385. The molecule has 0 fully saturated rings. The Morgan fingerprint density at radius 2 is 1.92 bits per heavy atom. The topological polar surface area (TPSA) is 12.4 Å². The molecule has 0 radical (unpaired) electrons. The number of hydrogen-bond acceptors (Lipinski definition) is 1. The number of aliphatic imine (C=N–C) groups is 1. The molecular formula is C12H25N. The molecule has 13 heavy (non-hydrogen) atoms. The van der Waals surface area contributed by atoms with Gasteiger partial charge in [0.05, 0.1) is 0 Å². The maximum Gasteiger partial charge on any atom is 0.0385 e. The second kappa shape index (κ2) is 8.28. The van der Waals surface area contributed by atoms with E-state index in [0.717, 1.165) is 24.8 Å². The zero-order valence-corrected chi connectivity index (χ0v) is 9.71. The second-order valence-electron chi connectivity index (χ2n) is 4.24. The van der Waals surface area contributed by atoms with Crippen molar-refractivity contribution in [1.29, 1.82) is 0 Å². The Morgan fingerprint density at radius 1 is 1.23 bits per heavy atom. The van der Waals surface area contributed by atoms with Crippen LogP contribution in [0.4, 0.5) is 0 Å². The van der Waals surface area contributed by atoms with E-state index in [4.69, 9.17) is 0 Å². The van der Waals surface area contributed by atoms with E-state index in [1.54, 1.807) is 0 Å². The van der Waals surface area contributed by atoms with Crippen LogP contribution >= 0.6 is 0 Å². The van der Waals surface area contributed by atoms with Gasteiger partial charge in [-0.2, -0.15) is 0 Å². The van der Waals surface area contributed by atoms with Crippen molar-refractivity contribution in [3.05, 3.63) is 0 Å². The van der Waals surface area contributed by atoms with E-state index in [-0.39, 0.29) is 0 Å². The van der Waals surface area contributed by atoms with Crippen LogP contribution in [0.1, 0.15) is 53.4 Å². The van der Waals surface area contributed by atoms with Crippen molar-refractivity contribution in [1.82, 2.24) is 0 Å².